The fraction of sp³-hybridized carbons (Fsp3) is 0.300. The summed E-state index contributed by atoms with van der Waals surface area (Å²) in [6.45, 7) is 5.07. The first-order chi connectivity index (χ1) is 11.7. The molecule has 1 atom stereocenters. The second-order valence-corrected chi connectivity index (χ2v) is 6.18. The van der Waals surface area contributed by atoms with Crippen molar-refractivity contribution in [3.63, 3.8) is 0 Å². The largest absolute Gasteiger partial charge is 0.310 e. The van der Waals surface area contributed by atoms with Crippen molar-refractivity contribution in [1.29, 1.82) is 5.26 Å². The Hall–Kier alpha value is -2.64. The second kappa shape index (κ2) is 7.29. The maximum Gasteiger partial charge on any atom is 0.251 e. The van der Waals surface area contributed by atoms with Gasteiger partial charge in [-0.1, -0.05) is 24.3 Å². The molecule has 0 unspecified atom stereocenters. The minimum atomic E-state index is 0.0494. The number of nitrogens with one attached hydrogen (secondary N) is 1. The van der Waals surface area contributed by atoms with Gasteiger partial charge in [0.05, 0.1) is 11.6 Å². The number of aromatic nitrogens is 1. The molecule has 24 heavy (non-hydrogen) atoms. The summed E-state index contributed by atoms with van der Waals surface area (Å²) in [5.74, 6) is 0. The van der Waals surface area contributed by atoms with Crippen LogP contribution in [0.3, 0.4) is 0 Å². The molecule has 1 aromatic heterocycles. The highest BCUT2D eigenvalue weighted by atomic mass is 16.1. The summed E-state index contributed by atoms with van der Waals surface area (Å²) in [7, 11) is 0. The third-order valence-corrected chi connectivity index (χ3v) is 4.55. The Morgan fingerprint density at radius 2 is 2.25 bits per heavy atom. The molecule has 0 saturated heterocycles. The lowest BCUT2D eigenvalue weighted by atomic mass is 9.91. The Kier molecular flexibility index (Phi) is 4.93. The fourth-order valence-electron chi connectivity index (χ4n) is 3.34. The molecule has 2 aromatic rings. The van der Waals surface area contributed by atoms with Gasteiger partial charge in [-0.2, -0.15) is 5.26 Å². The number of nitrogens with zero attached hydrogens (tertiary/aromatic N) is 2. The molecule has 4 heteroatoms. The van der Waals surface area contributed by atoms with Crippen LogP contribution in [-0.2, 0) is 25.9 Å². The number of benzene rings is 1. The Bertz CT molecular complexity index is 845. The molecule has 1 aliphatic rings. The standard InChI is InChI=1S/C20H21N3O/c1-2-10-23-19-8-7-18(12-17(19)6-9-20(23)24)22-14-16-5-3-4-15(11-16)13-21/h2-6,9,11,18,22H,1,7-8,10,12,14H2/t18-/m0/s1. The molecule has 0 radical (unpaired) electrons. The number of allylic oxidation sites excluding steroid dienone is 1. The Labute approximate surface area is 142 Å². The summed E-state index contributed by atoms with van der Waals surface area (Å²) >= 11 is 0. The monoisotopic (exact) mass is 319 g/mol. The van der Waals surface area contributed by atoms with Crippen LogP contribution in [0.15, 0.2) is 53.8 Å². The lowest BCUT2D eigenvalue weighted by Gasteiger charge is -2.27. The molecule has 1 heterocycles. The SMILES string of the molecule is C=CCn1c2c(ccc1=O)C[C@@H](NCc1cccc(C#N)c1)CC2. The van der Waals surface area contributed by atoms with Crippen molar-refractivity contribution in [3.05, 3.63) is 81.8 Å². The number of hydrogen-bond donors (Lipinski definition) is 1. The van der Waals surface area contributed by atoms with Crippen molar-refractivity contribution < 1.29 is 0 Å². The van der Waals surface area contributed by atoms with Gasteiger partial charge in [-0.15, -0.1) is 6.58 Å². The molecule has 0 amide bonds. The lowest BCUT2D eigenvalue weighted by molar-refractivity contribution is 0.443. The summed E-state index contributed by atoms with van der Waals surface area (Å²) in [6, 6.07) is 13.9. The van der Waals surface area contributed by atoms with Crippen LogP contribution in [0, 0.1) is 11.3 Å². The third kappa shape index (κ3) is 3.47. The van der Waals surface area contributed by atoms with Gasteiger partial charge in [0.2, 0.25) is 0 Å². The van der Waals surface area contributed by atoms with E-state index in [0.717, 1.165) is 37.1 Å². The highest BCUT2D eigenvalue weighted by Gasteiger charge is 2.20. The van der Waals surface area contributed by atoms with E-state index >= 15 is 0 Å². The van der Waals surface area contributed by atoms with Crippen molar-refractivity contribution in [2.24, 2.45) is 0 Å². The molecule has 0 aliphatic heterocycles. The van der Waals surface area contributed by atoms with Gasteiger partial charge in [0.25, 0.3) is 5.56 Å². The second-order valence-electron chi connectivity index (χ2n) is 6.18. The smallest absolute Gasteiger partial charge is 0.251 e. The molecular formula is C20H21N3O. The molecule has 122 valence electrons. The summed E-state index contributed by atoms with van der Waals surface area (Å²) < 4.78 is 1.83. The first-order valence-electron chi connectivity index (χ1n) is 8.26. The highest BCUT2D eigenvalue weighted by molar-refractivity contribution is 5.33. The number of rotatable bonds is 5. The Balaban J connectivity index is 1.69. The van der Waals surface area contributed by atoms with Crippen LogP contribution in [0.2, 0.25) is 0 Å². The summed E-state index contributed by atoms with van der Waals surface area (Å²) in [6.07, 6.45) is 4.60. The van der Waals surface area contributed by atoms with Gasteiger partial charge < -0.3 is 9.88 Å². The Morgan fingerprint density at radius 1 is 1.38 bits per heavy atom. The van der Waals surface area contributed by atoms with Gasteiger partial charge in [0.1, 0.15) is 0 Å². The van der Waals surface area contributed by atoms with Crippen LogP contribution >= 0.6 is 0 Å². The molecule has 0 saturated carbocycles. The zero-order valence-electron chi connectivity index (χ0n) is 13.7. The highest BCUT2D eigenvalue weighted by Crippen LogP contribution is 2.20. The number of nitriles is 1. The van der Waals surface area contributed by atoms with Gasteiger partial charge in [-0.3, -0.25) is 4.79 Å². The molecule has 1 aromatic carbocycles. The maximum atomic E-state index is 12.0. The average Bonchev–Trinajstić information content (AvgIpc) is 2.62. The third-order valence-electron chi connectivity index (χ3n) is 4.55. The van der Waals surface area contributed by atoms with Crippen molar-refractivity contribution in [2.75, 3.05) is 0 Å². The molecule has 0 fully saturated rings. The summed E-state index contributed by atoms with van der Waals surface area (Å²) in [4.78, 5) is 12.0. The van der Waals surface area contributed by atoms with E-state index in [0.29, 0.717) is 18.2 Å². The minimum absolute atomic E-state index is 0.0494. The van der Waals surface area contributed by atoms with E-state index in [2.05, 4.69) is 18.0 Å². The first-order valence-corrected chi connectivity index (χ1v) is 8.26. The van der Waals surface area contributed by atoms with E-state index < -0.39 is 0 Å². The van der Waals surface area contributed by atoms with Crippen LogP contribution in [0.5, 0.6) is 0 Å². The Morgan fingerprint density at radius 3 is 3.04 bits per heavy atom. The normalized spacial score (nSPS) is 16.2. The van der Waals surface area contributed by atoms with Crippen molar-refractivity contribution in [3.8, 4) is 6.07 Å². The predicted molar refractivity (Wildman–Crippen MR) is 94.7 cm³/mol. The van der Waals surface area contributed by atoms with Crippen LogP contribution < -0.4 is 10.9 Å². The van der Waals surface area contributed by atoms with Crippen LogP contribution in [0.4, 0.5) is 0 Å². The van der Waals surface area contributed by atoms with Crippen molar-refractivity contribution in [2.45, 2.75) is 38.4 Å². The summed E-state index contributed by atoms with van der Waals surface area (Å²) in [5.41, 5.74) is 4.25. The molecular weight excluding hydrogens is 298 g/mol. The van der Waals surface area contributed by atoms with Gasteiger partial charge in [-0.25, -0.2) is 0 Å². The van der Waals surface area contributed by atoms with E-state index in [9.17, 15) is 4.79 Å². The maximum absolute atomic E-state index is 12.0. The quantitative estimate of drug-likeness (QED) is 0.862. The topological polar surface area (TPSA) is 57.8 Å². The first kappa shape index (κ1) is 16.2. The van der Waals surface area contributed by atoms with Crippen LogP contribution in [-0.4, -0.2) is 10.6 Å². The predicted octanol–water partition coefficient (Wildman–Crippen LogP) is 2.55. The van der Waals surface area contributed by atoms with E-state index in [1.165, 1.54) is 5.56 Å². The van der Waals surface area contributed by atoms with Gasteiger partial charge in [-0.05, 0) is 42.5 Å². The van der Waals surface area contributed by atoms with E-state index in [1.54, 1.807) is 12.1 Å². The molecule has 1 N–H and O–H groups in total. The van der Waals surface area contributed by atoms with Crippen molar-refractivity contribution >= 4 is 0 Å². The van der Waals surface area contributed by atoms with Gasteiger partial charge in [0, 0.05) is 30.9 Å². The molecule has 0 spiro atoms. The molecule has 1 aliphatic carbocycles. The van der Waals surface area contributed by atoms with E-state index in [1.807, 2.05) is 34.9 Å². The summed E-state index contributed by atoms with van der Waals surface area (Å²) in [5, 5.41) is 12.6. The van der Waals surface area contributed by atoms with Crippen LogP contribution in [0.1, 0.15) is 28.8 Å². The average molecular weight is 319 g/mol. The molecule has 3 rings (SSSR count). The van der Waals surface area contributed by atoms with Gasteiger partial charge >= 0.3 is 0 Å². The zero-order chi connectivity index (χ0) is 16.9. The molecule has 4 nitrogen and oxygen atoms in total. The molecule has 0 bridgehead atoms. The van der Waals surface area contributed by atoms with Crippen molar-refractivity contribution in [1.82, 2.24) is 9.88 Å². The fourth-order valence-corrected chi connectivity index (χ4v) is 3.34. The number of fused-ring (bicyclic) bond motifs is 1. The van der Waals surface area contributed by atoms with E-state index in [4.69, 9.17) is 5.26 Å². The van der Waals surface area contributed by atoms with E-state index in [-0.39, 0.29) is 5.56 Å². The minimum Gasteiger partial charge on any atom is -0.310 e. The number of pyridine rings is 1. The zero-order valence-corrected chi connectivity index (χ0v) is 13.7. The van der Waals surface area contributed by atoms with Gasteiger partial charge in [0.15, 0.2) is 0 Å². The number of hydrogen-bond acceptors (Lipinski definition) is 3. The van der Waals surface area contributed by atoms with Crippen LogP contribution in [0.25, 0.3) is 0 Å². The lowest BCUT2D eigenvalue weighted by Crippen LogP contribution is -2.37.